The van der Waals surface area contributed by atoms with Crippen LogP contribution in [0.5, 0.6) is 5.75 Å². The van der Waals surface area contributed by atoms with E-state index in [1.54, 1.807) is 23.1 Å². The van der Waals surface area contributed by atoms with Crippen LogP contribution in [-0.4, -0.2) is 84.6 Å². The Hall–Kier alpha value is -2.58. The van der Waals surface area contributed by atoms with Crippen molar-refractivity contribution in [2.24, 2.45) is 5.41 Å². The molecule has 2 aromatic rings. The zero-order valence-corrected chi connectivity index (χ0v) is 21.4. The third-order valence-electron chi connectivity index (χ3n) is 6.95. The van der Waals surface area contributed by atoms with E-state index in [1.807, 2.05) is 17.0 Å². The van der Waals surface area contributed by atoms with E-state index in [9.17, 15) is 9.59 Å². The first-order chi connectivity index (χ1) is 16.9. The molecule has 3 heterocycles. The number of piperazine rings is 1. The fourth-order valence-electron chi connectivity index (χ4n) is 4.92. The summed E-state index contributed by atoms with van der Waals surface area (Å²) in [5.41, 5.74) is -0.169. The van der Waals surface area contributed by atoms with Gasteiger partial charge in [0.05, 0.1) is 6.61 Å². The molecule has 8 nitrogen and oxygen atoms in total. The zero-order chi connectivity index (χ0) is 24.8. The molecule has 9 heteroatoms. The largest absolute Gasteiger partial charge is 0.493 e. The molecule has 0 saturated carbocycles. The summed E-state index contributed by atoms with van der Waals surface area (Å²) >= 11 is 6.14. The monoisotopic (exact) mass is 502 g/mol. The van der Waals surface area contributed by atoms with Crippen LogP contribution in [0.4, 0.5) is 0 Å². The van der Waals surface area contributed by atoms with Gasteiger partial charge >= 0.3 is 0 Å². The number of rotatable bonds is 8. The Labute approximate surface area is 212 Å². The number of ether oxygens (including phenoxy) is 1. The number of hydrogen-bond acceptors (Lipinski definition) is 6. The van der Waals surface area contributed by atoms with E-state index in [1.165, 1.54) is 0 Å². The average molecular weight is 503 g/mol. The predicted molar refractivity (Wildman–Crippen MR) is 134 cm³/mol. The van der Waals surface area contributed by atoms with E-state index in [-0.39, 0.29) is 11.8 Å². The molecule has 1 unspecified atom stereocenters. The molecule has 1 atom stereocenters. The number of halogens is 1. The van der Waals surface area contributed by atoms with Gasteiger partial charge < -0.3 is 24.0 Å². The van der Waals surface area contributed by atoms with Gasteiger partial charge in [-0.3, -0.25) is 9.59 Å². The lowest BCUT2D eigenvalue weighted by atomic mass is 9.77. The number of carbonyl (C=O) groups excluding carboxylic acids is 2. The van der Waals surface area contributed by atoms with E-state index in [2.05, 4.69) is 24.0 Å². The molecule has 190 valence electrons. The molecule has 4 rings (SSSR count). The summed E-state index contributed by atoms with van der Waals surface area (Å²) in [5, 5.41) is 4.61. The summed E-state index contributed by atoms with van der Waals surface area (Å²) in [6.45, 7) is 6.63. The van der Waals surface area contributed by atoms with Gasteiger partial charge in [0.25, 0.3) is 5.91 Å². The first kappa shape index (κ1) is 25.5. The molecule has 2 fully saturated rings. The van der Waals surface area contributed by atoms with Crippen molar-refractivity contribution in [3.8, 4) is 5.75 Å². The fourth-order valence-corrected chi connectivity index (χ4v) is 5.10. The Bertz CT molecular complexity index is 1020. The van der Waals surface area contributed by atoms with Gasteiger partial charge in [0.1, 0.15) is 11.5 Å². The van der Waals surface area contributed by atoms with E-state index >= 15 is 0 Å². The molecule has 1 aromatic carbocycles. The van der Waals surface area contributed by atoms with Gasteiger partial charge in [-0.1, -0.05) is 29.7 Å². The van der Waals surface area contributed by atoms with Crippen LogP contribution in [0.2, 0.25) is 5.02 Å². The second kappa shape index (κ2) is 11.4. The minimum atomic E-state index is -0.493. The maximum absolute atomic E-state index is 13.4. The summed E-state index contributed by atoms with van der Waals surface area (Å²) in [5.74, 6) is 1.34. The van der Waals surface area contributed by atoms with Crippen LogP contribution >= 0.6 is 11.6 Å². The first-order valence-electron chi connectivity index (χ1n) is 12.5. The lowest BCUT2D eigenvalue weighted by Gasteiger charge is -2.43. The van der Waals surface area contributed by atoms with Crippen LogP contribution in [0.1, 0.15) is 48.9 Å². The van der Waals surface area contributed by atoms with Crippen molar-refractivity contribution in [3.63, 3.8) is 0 Å². The Morgan fingerprint density at radius 1 is 1.14 bits per heavy atom. The van der Waals surface area contributed by atoms with Crippen LogP contribution < -0.4 is 4.74 Å². The van der Waals surface area contributed by atoms with Gasteiger partial charge in [0.15, 0.2) is 5.69 Å². The van der Waals surface area contributed by atoms with Gasteiger partial charge in [0.2, 0.25) is 5.91 Å². The Morgan fingerprint density at radius 3 is 2.69 bits per heavy atom. The number of benzene rings is 1. The summed E-state index contributed by atoms with van der Waals surface area (Å²) < 4.78 is 11.5. The van der Waals surface area contributed by atoms with E-state index in [0.29, 0.717) is 48.3 Å². The second-order valence-electron chi connectivity index (χ2n) is 9.87. The molecule has 1 aromatic heterocycles. The highest BCUT2D eigenvalue weighted by atomic mass is 35.5. The smallest absolute Gasteiger partial charge is 0.276 e. The van der Waals surface area contributed by atoms with Gasteiger partial charge in [-0.25, -0.2) is 0 Å². The Kier molecular flexibility index (Phi) is 8.34. The standard InChI is InChI=1S/C26H35ClN4O4/c1-3-6-22-16-23(28-35-22)25(33)31-10-5-9-26(18-31,19-34-21-8-4-7-20(27)15-21)17-24(32)30-13-11-29(2)12-14-30/h4,7-8,15-16H,3,5-6,9-14,17-19H2,1-2H3. The second-order valence-corrected chi connectivity index (χ2v) is 10.3. The molecule has 2 saturated heterocycles. The molecular weight excluding hydrogens is 468 g/mol. The maximum Gasteiger partial charge on any atom is 0.276 e. The summed E-state index contributed by atoms with van der Waals surface area (Å²) in [6.07, 6.45) is 3.60. The van der Waals surface area contributed by atoms with Gasteiger partial charge in [-0.15, -0.1) is 0 Å². The van der Waals surface area contributed by atoms with Crippen LogP contribution in [0.3, 0.4) is 0 Å². The number of nitrogens with zero attached hydrogens (tertiary/aromatic N) is 4. The summed E-state index contributed by atoms with van der Waals surface area (Å²) in [6, 6.07) is 9.01. The number of piperidine rings is 1. The van der Waals surface area contributed by atoms with E-state index < -0.39 is 5.41 Å². The lowest BCUT2D eigenvalue weighted by Crippen LogP contribution is -2.53. The third kappa shape index (κ3) is 6.55. The molecule has 0 aliphatic carbocycles. The van der Waals surface area contributed by atoms with Crippen molar-refractivity contribution in [1.29, 1.82) is 0 Å². The normalized spacial score (nSPS) is 21.2. The molecule has 0 radical (unpaired) electrons. The van der Waals surface area contributed by atoms with Gasteiger partial charge in [-0.05, 0) is 44.5 Å². The third-order valence-corrected chi connectivity index (χ3v) is 7.18. The minimum Gasteiger partial charge on any atom is -0.493 e. The number of carbonyl (C=O) groups is 2. The van der Waals surface area contributed by atoms with E-state index in [4.69, 9.17) is 20.9 Å². The minimum absolute atomic E-state index is 0.119. The number of likely N-dealkylation sites (N-methyl/N-ethyl adjacent to an activating group) is 1. The number of aryl methyl sites for hydroxylation is 1. The van der Waals surface area contributed by atoms with Crippen molar-refractivity contribution in [1.82, 2.24) is 19.9 Å². The van der Waals surface area contributed by atoms with Crippen LogP contribution in [-0.2, 0) is 11.2 Å². The van der Waals surface area contributed by atoms with Crippen LogP contribution in [0, 0.1) is 5.41 Å². The van der Waals surface area contributed by atoms with Crippen molar-refractivity contribution in [2.45, 2.75) is 39.0 Å². The predicted octanol–water partition coefficient (Wildman–Crippen LogP) is 3.75. The van der Waals surface area contributed by atoms with Gasteiger partial charge in [0, 0.05) is 68.6 Å². The highest BCUT2D eigenvalue weighted by Crippen LogP contribution is 2.36. The molecule has 2 amide bonds. The fraction of sp³-hybridized carbons (Fsp3) is 0.577. The zero-order valence-electron chi connectivity index (χ0n) is 20.7. The highest BCUT2D eigenvalue weighted by molar-refractivity contribution is 6.30. The molecule has 2 aliphatic heterocycles. The molecule has 0 spiro atoms. The maximum atomic E-state index is 13.4. The molecule has 35 heavy (non-hydrogen) atoms. The Balaban J connectivity index is 1.51. The highest BCUT2D eigenvalue weighted by Gasteiger charge is 2.41. The van der Waals surface area contributed by atoms with Crippen molar-refractivity contribution in [3.05, 3.63) is 46.8 Å². The Morgan fingerprint density at radius 2 is 1.94 bits per heavy atom. The van der Waals surface area contributed by atoms with Crippen molar-refractivity contribution in [2.75, 3.05) is 52.9 Å². The van der Waals surface area contributed by atoms with Gasteiger partial charge in [-0.2, -0.15) is 0 Å². The molecule has 2 aliphatic rings. The molecule has 0 N–H and O–H groups in total. The lowest BCUT2D eigenvalue weighted by molar-refractivity contribution is -0.137. The van der Waals surface area contributed by atoms with Crippen LogP contribution in [0.15, 0.2) is 34.9 Å². The van der Waals surface area contributed by atoms with Crippen LogP contribution in [0.25, 0.3) is 0 Å². The molecule has 0 bridgehead atoms. The first-order valence-corrected chi connectivity index (χ1v) is 12.8. The number of hydrogen-bond donors (Lipinski definition) is 0. The van der Waals surface area contributed by atoms with Crippen molar-refractivity contribution < 1.29 is 18.8 Å². The number of likely N-dealkylation sites (tertiary alicyclic amines) is 1. The average Bonchev–Trinajstić information content (AvgIpc) is 3.32. The SMILES string of the molecule is CCCc1cc(C(=O)N2CCCC(COc3cccc(Cl)c3)(CC(=O)N3CCN(C)CC3)C2)no1. The number of amides is 2. The van der Waals surface area contributed by atoms with Crippen molar-refractivity contribution >= 4 is 23.4 Å². The molecular formula is C26H35ClN4O4. The number of aromatic nitrogens is 1. The topological polar surface area (TPSA) is 79.1 Å². The summed E-state index contributed by atoms with van der Waals surface area (Å²) in [4.78, 5) is 32.6. The quantitative estimate of drug-likeness (QED) is 0.547. The summed E-state index contributed by atoms with van der Waals surface area (Å²) in [7, 11) is 2.07. The van der Waals surface area contributed by atoms with E-state index in [0.717, 1.165) is 51.9 Å².